The lowest BCUT2D eigenvalue weighted by Gasteiger charge is -2.31. The number of hydrogen-bond donors (Lipinski definition) is 1. The Labute approximate surface area is 261 Å². The molecule has 0 bridgehead atoms. The second kappa shape index (κ2) is 15.5. The van der Waals surface area contributed by atoms with Gasteiger partial charge < -0.3 is 25.3 Å². The number of amides is 2. The Kier molecular flexibility index (Phi) is 11.2. The van der Waals surface area contributed by atoms with Gasteiger partial charge >= 0.3 is 0 Å². The molecule has 0 aliphatic carbocycles. The van der Waals surface area contributed by atoms with Crippen molar-refractivity contribution >= 4 is 34.6 Å². The van der Waals surface area contributed by atoms with Crippen molar-refractivity contribution in [2.75, 3.05) is 67.9 Å². The highest BCUT2D eigenvalue weighted by Crippen LogP contribution is 2.32. The second-order valence-electron chi connectivity index (χ2n) is 12.6. The molecule has 0 radical (unpaired) electrons. The molecule has 0 unspecified atom stereocenters. The molecule has 4 aliphatic heterocycles. The lowest BCUT2D eigenvalue weighted by Crippen LogP contribution is -2.38. The van der Waals surface area contributed by atoms with Gasteiger partial charge in [0.15, 0.2) is 0 Å². The molecule has 4 heterocycles. The molecule has 2 N–H and O–H groups in total. The molecule has 2 fully saturated rings. The van der Waals surface area contributed by atoms with Gasteiger partial charge in [0.25, 0.3) is 5.69 Å². The lowest BCUT2D eigenvalue weighted by atomic mass is 10.00. The third kappa shape index (κ3) is 8.35. The van der Waals surface area contributed by atoms with Crippen molar-refractivity contribution in [3.8, 4) is 0 Å². The fourth-order valence-electron chi connectivity index (χ4n) is 7.00. The van der Waals surface area contributed by atoms with E-state index in [1.807, 2.05) is 28.0 Å². The molecule has 2 aromatic rings. The van der Waals surface area contributed by atoms with E-state index in [2.05, 4.69) is 9.80 Å². The van der Waals surface area contributed by atoms with Gasteiger partial charge in [0.2, 0.25) is 11.8 Å². The Morgan fingerprint density at radius 2 is 1.11 bits per heavy atom. The molecule has 2 saturated heterocycles. The van der Waals surface area contributed by atoms with Crippen molar-refractivity contribution in [1.29, 1.82) is 0 Å². The van der Waals surface area contributed by atoms with Crippen LogP contribution in [-0.2, 0) is 22.4 Å². The highest BCUT2D eigenvalue weighted by Gasteiger charge is 2.26. The predicted octanol–water partition coefficient (Wildman–Crippen LogP) is 5.17. The van der Waals surface area contributed by atoms with Crippen molar-refractivity contribution in [3.05, 3.63) is 57.6 Å². The molecule has 0 spiro atoms. The van der Waals surface area contributed by atoms with E-state index < -0.39 is 0 Å². The molecular formula is C34H48N6O4. The molecule has 2 aromatic carbocycles. The molecule has 238 valence electrons. The zero-order valence-corrected chi connectivity index (χ0v) is 26.1. The number of likely N-dealkylation sites (tertiary alicyclic amines) is 2. The van der Waals surface area contributed by atoms with Crippen LogP contribution in [0, 0.1) is 10.1 Å². The van der Waals surface area contributed by atoms with E-state index in [1.165, 1.54) is 63.2 Å². The summed E-state index contributed by atoms with van der Waals surface area (Å²) in [4.78, 5) is 43.7. The van der Waals surface area contributed by atoms with Gasteiger partial charge in [0.1, 0.15) is 0 Å². The van der Waals surface area contributed by atoms with E-state index in [0.29, 0.717) is 25.8 Å². The summed E-state index contributed by atoms with van der Waals surface area (Å²) in [5.74, 6) is 0.385. The standard InChI is InChI=1S/C17H23N3O3.C17H25N3O/c21-17-8-5-14-13-15(20(22)23)6-7-16(14)19(17)12-4-11-18-9-2-1-3-10-18;18-15-6-7-16-14(13-15)5-8-17(21)20(16)12-4-11-19-9-2-1-3-10-19/h6-7,13H,1-5,8-12H2;6-7,13H,1-5,8-12,18H2. The van der Waals surface area contributed by atoms with E-state index in [0.717, 1.165) is 74.6 Å². The Morgan fingerprint density at radius 1 is 0.636 bits per heavy atom. The van der Waals surface area contributed by atoms with Gasteiger partial charge in [0, 0.05) is 55.1 Å². The fourth-order valence-corrected chi connectivity index (χ4v) is 7.00. The van der Waals surface area contributed by atoms with Crippen LogP contribution in [0.5, 0.6) is 0 Å². The van der Waals surface area contributed by atoms with Crippen LogP contribution in [0.15, 0.2) is 36.4 Å². The number of nitrogens with zero attached hydrogens (tertiary/aromatic N) is 5. The third-order valence-corrected chi connectivity index (χ3v) is 9.39. The van der Waals surface area contributed by atoms with Gasteiger partial charge in [-0.1, -0.05) is 12.8 Å². The number of carbonyl (C=O) groups is 2. The molecule has 0 saturated carbocycles. The van der Waals surface area contributed by atoms with Crippen LogP contribution in [0.25, 0.3) is 0 Å². The number of nitro groups is 1. The van der Waals surface area contributed by atoms with Crippen LogP contribution >= 0.6 is 0 Å². The van der Waals surface area contributed by atoms with Crippen molar-refractivity contribution < 1.29 is 14.5 Å². The summed E-state index contributed by atoms with van der Waals surface area (Å²) in [5.41, 5.74) is 10.8. The summed E-state index contributed by atoms with van der Waals surface area (Å²) >= 11 is 0. The van der Waals surface area contributed by atoms with Crippen molar-refractivity contribution in [2.24, 2.45) is 0 Å². The van der Waals surface area contributed by atoms with E-state index in [9.17, 15) is 19.7 Å². The summed E-state index contributed by atoms with van der Waals surface area (Å²) in [7, 11) is 0. The first-order valence-electron chi connectivity index (χ1n) is 16.6. The predicted molar refractivity (Wildman–Crippen MR) is 175 cm³/mol. The van der Waals surface area contributed by atoms with E-state index in [1.54, 1.807) is 12.1 Å². The molecule has 2 amide bonds. The highest BCUT2D eigenvalue weighted by molar-refractivity contribution is 5.97. The molecule has 10 heteroatoms. The minimum Gasteiger partial charge on any atom is -0.399 e. The van der Waals surface area contributed by atoms with Crippen LogP contribution < -0.4 is 15.5 Å². The van der Waals surface area contributed by atoms with Gasteiger partial charge in [-0.3, -0.25) is 19.7 Å². The number of nitrogen functional groups attached to an aromatic ring is 1. The summed E-state index contributed by atoms with van der Waals surface area (Å²) in [6, 6.07) is 10.7. The first kappa shape index (κ1) is 31.9. The molecule has 0 atom stereocenters. The van der Waals surface area contributed by atoms with E-state index >= 15 is 0 Å². The number of benzene rings is 2. The SMILES string of the molecule is Nc1ccc2c(c1)CCC(=O)N2CCCN1CCCCC1.O=C1CCc2cc([N+](=O)[O-])ccc2N1CCCN1CCCCC1. The molecule has 10 nitrogen and oxygen atoms in total. The van der Waals surface area contributed by atoms with Crippen molar-refractivity contribution in [3.63, 3.8) is 0 Å². The molecule has 6 rings (SSSR count). The number of fused-ring (bicyclic) bond motifs is 2. The highest BCUT2D eigenvalue weighted by atomic mass is 16.6. The number of hydrogen-bond acceptors (Lipinski definition) is 7. The van der Waals surface area contributed by atoms with Gasteiger partial charge in [-0.05, 0) is 126 Å². The quantitative estimate of drug-likeness (QED) is 0.238. The third-order valence-electron chi connectivity index (χ3n) is 9.39. The summed E-state index contributed by atoms with van der Waals surface area (Å²) in [6.45, 7) is 8.42. The van der Waals surface area contributed by atoms with Crippen molar-refractivity contribution in [1.82, 2.24) is 9.80 Å². The summed E-state index contributed by atoms with van der Waals surface area (Å²) < 4.78 is 0. The number of nitro benzene ring substituents is 1. The average molecular weight is 605 g/mol. The zero-order chi connectivity index (χ0) is 30.9. The lowest BCUT2D eigenvalue weighted by molar-refractivity contribution is -0.384. The molecule has 44 heavy (non-hydrogen) atoms. The van der Waals surface area contributed by atoms with Gasteiger partial charge in [-0.25, -0.2) is 0 Å². The Bertz CT molecular complexity index is 1300. The number of nitrogens with two attached hydrogens (primary N) is 1. The smallest absolute Gasteiger partial charge is 0.269 e. The maximum atomic E-state index is 12.2. The summed E-state index contributed by atoms with van der Waals surface area (Å²) in [6.07, 6.45) is 12.4. The first-order valence-corrected chi connectivity index (χ1v) is 16.6. The number of piperidine rings is 2. The molecule has 0 aromatic heterocycles. The van der Waals surface area contributed by atoms with Crippen LogP contribution in [0.4, 0.5) is 22.7 Å². The van der Waals surface area contributed by atoms with Crippen molar-refractivity contribution in [2.45, 2.75) is 77.0 Å². The number of anilines is 3. The maximum absolute atomic E-state index is 12.2. The minimum atomic E-state index is -0.378. The Balaban J connectivity index is 0.000000175. The normalized spacial score (nSPS) is 19.2. The zero-order valence-electron chi connectivity index (χ0n) is 26.1. The second-order valence-corrected chi connectivity index (χ2v) is 12.6. The van der Waals surface area contributed by atoms with Gasteiger partial charge in [-0.15, -0.1) is 0 Å². The first-order chi connectivity index (χ1) is 21.4. The fraction of sp³-hybridized carbons (Fsp3) is 0.588. The number of non-ortho nitro benzene ring substituents is 1. The molecule has 4 aliphatic rings. The Hall–Kier alpha value is -3.50. The van der Waals surface area contributed by atoms with Crippen LogP contribution in [0.1, 0.15) is 75.3 Å². The minimum absolute atomic E-state index is 0.103. The number of rotatable bonds is 9. The van der Waals surface area contributed by atoms with Gasteiger partial charge in [-0.2, -0.15) is 0 Å². The molecular weight excluding hydrogens is 556 g/mol. The topological polar surface area (TPSA) is 116 Å². The summed E-state index contributed by atoms with van der Waals surface area (Å²) in [5, 5.41) is 10.9. The number of carbonyl (C=O) groups excluding carboxylic acids is 2. The van der Waals surface area contributed by atoms with E-state index in [-0.39, 0.29) is 22.4 Å². The van der Waals surface area contributed by atoms with Gasteiger partial charge in [0.05, 0.1) is 4.92 Å². The van der Waals surface area contributed by atoms with E-state index in [4.69, 9.17) is 5.73 Å². The average Bonchev–Trinajstić information content (AvgIpc) is 3.04. The Morgan fingerprint density at radius 3 is 1.61 bits per heavy atom. The van der Waals surface area contributed by atoms with Crippen LogP contribution in [0.3, 0.4) is 0 Å². The maximum Gasteiger partial charge on any atom is 0.269 e. The van der Waals surface area contributed by atoms with Crippen LogP contribution in [-0.4, -0.2) is 78.9 Å². The van der Waals surface area contributed by atoms with Crippen LogP contribution in [0.2, 0.25) is 0 Å². The number of aryl methyl sites for hydroxylation is 2. The monoisotopic (exact) mass is 604 g/mol. The largest absolute Gasteiger partial charge is 0.399 e.